The van der Waals surface area contributed by atoms with Crippen LogP contribution in [0.25, 0.3) is 0 Å². The van der Waals surface area contributed by atoms with Crippen LogP contribution in [0.5, 0.6) is 5.75 Å². The lowest BCUT2D eigenvalue weighted by Crippen LogP contribution is -2.14. The van der Waals surface area contributed by atoms with Gasteiger partial charge in [0.05, 0.1) is 12.8 Å². The maximum absolute atomic E-state index is 12.5. The van der Waals surface area contributed by atoms with Gasteiger partial charge in [-0.3, -0.25) is 9.71 Å². The summed E-state index contributed by atoms with van der Waals surface area (Å²) in [6, 6.07) is 8.45. The molecular formula is C15H18N2O3S. The average molecular weight is 306 g/mol. The van der Waals surface area contributed by atoms with Crippen molar-refractivity contribution in [2.24, 2.45) is 0 Å². The van der Waals surface area contributed by atoms with Crippen molar-refractivity contribution in [2.75, 3.05) is 11.8 Å². The summed E-state index contributed by atoms with van der Waals surface area (Å²) >= 11 is 0. The first kappa shape index (κ1) is 15.3. The van der Waals surface area contributed by atoms with Crippen molar-refractivity contribution in [3.63, 3.8) is 0 Å². The molecule has 1 heterocycles. The van der Waals surface area contributed by atoms with Gasteiger partial charge in [0.15, 0.2) is 0 Å². The van der Waals surface area contributed by atoms with Crippen LogP contribution in [0.2, 0.25) is 0 Å². The van der Waals surface area contributed by atoms with Crippen LogP contribution < -0.4 is 9.46 Å². The summed E-state index contributed by atoms with van der Waals surface area (Å²) in [7, 11) is -2.25. The Morgan fingerprint density at radius 2 is 2.00 bits per heavy atom. The third kappa shape index (κ3) is 3.52. The van der Waals surface area contributed by atoms with Gasteiger partial charge in [0.2, 0.25) is 0 Å². The summed E-state index contributed by atoms with van der Waals surface area (Å²) in [5, 5.41) is 0. The largest absolute Gasteiger partial charge is 0.495 e. The van der Waals surface area contributed by atoms with Gasteiger partial charge in [-0.15, -0.1) is 0 Å². The molecule has 112 valence electrons. The van der Waals surface area contributed by atoms with E-state index in [1.807, 2.05) is 13.0 Å². The van der Waals surface area contributed by atoms with E-state index >= 15 is 0 Å². The smallest absolute Gasteiger partial charge is 0.265 e. The molecule has 0 radical (unpaired) electrons. The van der Waals surface area contributed by atoms with Crippen molar-refractivity contribution in [1.29, 1.82) is 0 Å². The first-order valence-electron chi connectivity index (χ1n) is 6.58. The number of ether oxygens (including phenoxy) is 1. The maximum Gasteiger partial charge on any atom is 0.265 e. The molecule has 0 aliphatic carbocycles. The van der Waals surface area contributed by atoms with E-state index < -0.39 is 10.0 Å². The molecule has 2 rings (SSSR count). The van der Waals surface area contributed by atoms with Crippen LogP contribution in [0.15, 0.2) is 41.4 Å². The third-order valence-electron chi connectivity index (χ3n) is 3.07. The first-order chi connectivity index (χ1) is 9.96. The summed E-state index contributed by atoms with van der Waals surface area (Å²) < 4.78 is 32.8. The number of rotatable bonds is 5. The van der Waals surface area contributed by atoms with Gasteiger partial charge < -0.3 is 4.74 Å². The van der Waals surface area contributed by atoms with Crippen molar-refractivity contribution >= 4 is 15.7 Å². The molecule has 0 spiro atoms. The summed E-state index contributed by atoms with van der Waals surface area (Å²) in [6.07, 6.45) is 2.31. The monoisotopic (exact) mass is 306 g/mol. The molecule has 0 fully saturated rings. The lowest BCUT2D eigenvalue weighted by Gasteiger charge is -2.13. The van der Waals surface area contributed by atoms with Gasteiger partial charge in [0, 0.05) is 11.9 Å². The van der Waals surface area contributed by atoms with Crippen LogP contribution >= 0.6 is 0 Å². The average Bonchev–Trinajstić information content (AvgIpc) is 2.46. The van der Waals surface area contributed by atoms with E-state index in [0.29, 0.717) is 11.4 Å². The van der Waals surface area contributed by atoms with Crippen molar-refractivity contribution in [2.45, 2.75) is 25.2 Å². The van der Waals surface area contributed by atoms with E-state index in [2.05, 4.69) is 9.71 Å². The molecule has 21 heavy (non-hydrogen) atoms. The molecule has 0 saturated heterocycles. The number of nitrogens with zero attached hydrogens (tertiary/aromatic N) is 1. The Hall–Kier alpha value is -2.08. The van der Waals surface area contributed by atoms with Crippen LogP contribution in [0.1, 0.15) is 18.2 Å². The Kier molecular flexibility index (Phi) is 4.47. The molecule has 0 saturated carbocycles. The van der Waals surface area contributed by atoms with Crippen LogP contribution in [0, 0.1) is 6.92 Å². The van der Waals surface area contributed by atoms with Gasteiger partial charge in [0.1, 0.15) is 10.6 Å². The zero-order valence-electron chi connectivity index (χ0n) is 12.3. The van der Waals surface area contributed by atoms with Crippen molar-refractivity contribution in [3.8, 4) is 5.75 Å². The predicted octanol–water partition coefficient (Wildman–Crippen LogP) is 2.76. The minimum atomic E-state index is -3.71. The fraction of sp³-hybridized carbons (Fsp3) is 0.267. The molecule has 1 aromatic heterocycles. The topological polar surface area (TPSA) is 68.3 Å². The van der Waals surface area contributed by atoms with E-state index in [1.165, 1.54) is 7.11 Å². The Morgan fingerprint density at radius 1 is 1.24 bits per heavy atom. The fourth-order valence-electron chi connectivity index (χ4n) is 1.97. The minimum Gasteiger partial charge on any atom is -0.495 e. The quantitative estimate of drug-likeness (QED) is 0.922. The number of hydrogen-bond donors (Lipinski definition) is 1. The molecule has 6 heteroatoms. The highest BCUT2D eigenvalue weighted by atomic mass is 32.2. The molecular weight excluding hydrogens is 288 g/mol. The van der Waals surface area contributed by atoms with Crippen molar-refractivity contribution in [1.82, 2.24) is 4.98 Å². The highest BCUT2D eigenvalue weighted by Crippen LogP contribution is 2.27. The van der Waals surface area contributed by atoms with Crippen molar-refractivity contribution < 1.29 is 13.2 Å². The molecule has 0 unspecified atom stereocenters. The summed E-state index contributed by atoms with van der Waals surface area (Å²) in [5.74, 6) is 0.325. The zero-order valence-corrected chi connectivity index (χ0v) is 13.1. The lowest BCUT2D eigenvalue weighted by atomic mass is 10.2. The van der Waals surface area contributed by atoms with Gasteiger partial charge in [-0.05, 0) is 43.2 Å². The Bertz CT molecular complexity index is 742. The zero-order chi connectivity index (χ0) is 15.5. The molecule has 0 amide bonds. The second kappa shape index (κ2) is 6.13. The van der Waals surface area contributed by atoms with Crippen LogP contribution in [-0.2, 0) is 16.4 Å². The maximum atomic E-state index is 12.5. The fourth-order valence-corrected chi connectivity index (χ4v) is 3.24. The Balaban J connectivity index is 2.43. The van der Waals surface area contributed by atoms with Crippen LogP contribution in [-0.4, -0.2) is 20.5 Å². The minimum absolute atomic E-state index is 0.138. The number of aryl methyl sites for hydroxylation is 2. The standard InChI is InChI=1S/C15H18N2O3S/c1-4-12-5-6-14(20-3)15(10-12)21(18,19)17-13-7-8-16-11(2)9-13/h5-10H,4H2,1-3H3,(H,16,17). The number of aromatic nitrogens is 1. The molecule has 0 aliphatic rings. The second-order valence-corrected chi connectivity index (χ2v) is 6.28. The predicted molar refractivity (Wildman–Crippen MR) is 82.2 cm³/mol. The van der Waals surface area contributed by atoms with Crippen molar-refractivity contribution in [3.05, 3.63) is 47.8 Å². The molecule has 2 aromatic rings. The second-order valence-electron chi connectivity index (χ2n) is 4.63. The number of benzene rings is 1. The number of hydrogen-bond acceptors (Lipinski definition) is 4. The molecule has 0 bridgehead atoms. The first-order valence-corrected chi connectivity index (χ1v) is 8.07. The van der Waals surface area contributed by atoms with Gasteiger partial charge in [-0.1, -0.05) is 13.0 Å². The number of sulfonamides is 1. The van der Waals surface area contributed by atoms with Gasteiger partial charge in [0.25, 0.3) is 10.0 Å². The van der Waals surface area contributed by atoms with E-state index in [1.54, 1.807) is 37.4 Å². The molecule has 1 aromatic carbocycles. The number of nitrogens with one attached hydrogen (secondary N) is 1. The molecule has 5 nitrogen and oxygen atoms in total. The highest BCUT2D eigenvalue weighted by Gasteiger charge is 2.20. The number of methoxy groups -OCH3 is 1. The Labute approximate surface area is 125 Å². The lowest BCUT2D eigenvalue weighted by molar-refractivity contribution is 0.402. The summed E-state index contributed by atoms with van der Waals surface area (Å²) in [6.45, 7) is 3.77. The Morgan fingerprint density at radius 3 is 2.62 bits per heavy atom. The van der Waals surface area contributed by atoms with E-state index in [4.69, 9.17) is 4.74 Å². The van der Waals surface area contributed by atoms with Gasteiger partial charge >= 0.3 is 0 Å². The third-order valence-corrected chi connectivity index (χ3v) is 4.48. The number of anilines is 1. The number of pyridine rings is 1. The van der Waals surface area contributed by atoms with Crippen LogP contribution in [0.4, 0.5) is 5.69 Å². The van der Waals surface area contributed by atoms with Gasteiger partial charge in [-0.25, -0.2) is 8.42 Å². The molecule has 0 aliphatic heterocycles. The van der Waals surface area contributed by atoms with Crippen LogP contribution in [0.3, 0.4) is 0 Å². The van der Waals surface area contributed by atoms with E-state index in [9.17, 15) is 8.42 Å². The SMILES string of the molecule is CCc1ccc(OC)c(S(=O)(=O)Nc2ccnc(C)c2)c1. The molecule has 0 atom stereocenters. The normalized spacial score (nSPS) is 11.2. The summed E-state index contributed by atoms with van der Waals surface area (Å²) in [4.78, 5) is 4.18. The summed E-state index contributed by atoms with van der Waals surface area (Å²) in [5.41, 5.74) is 2.15. The van der Waals surface area contributed by atoms with E-state index in [0.717, 1.165) is 17.7 Å². The van der Waals surface area contributed by atoms with E-state index in [-0.39, 0.29) is 4.90 Å². The highest BCUT2D eigenvalue weighted by molar-refractivity contribution is 7.92. The molecule has 1 N–H and O–H groups in total. The van der Waals surface area contributed by atoms with Gasteiger partial charge in [-0.2, -0.15) is 0 Å².